The second-order valence-electron chi connectivity index (χ2n) is 9.28. The molecule has 2 N–H and O–H groups in total. The van der Waals surface area contributed by atoms with E-state index in [1.807, 2.05) is 54.6 Å². The minimum atomic E-state index is -0.560. The highest BCUT2D eigenvalue weighted by molar-refractivity contribution is 5.99. The minimum absolute atomic E-state index is 0.00405. The molecular weight excluding hydrogens is 466 g/mol. The van der Waals surface area contributed by atoms with Crippen LogP contribution >= 0.6 is 0 Å². The average molecular weight is 496 g/mol. The maximum Gasteiger partial charge on any atom is 0.259 e. The zero-order chi connectivity index (χ0) is 25.8. The van der Waals surface area contributed by atoms with E-state index in [4.69, 9.17) is 4.98 Å². The van der Waals surface area contributed by atoms with Crippen LogP contribution in [0.2, 0.25) is 0 Å². The molecule has 0 saturated carbocycles. The van der Waals surface area contributed by atoms with E-state index in [2.05, 4.69) is 16.9 Å². The number of carbonyl (C=O) groups excluding carboxylic acids is 2. The summed E-state index contributed by atoms with van der Waals surface area (Å²) in [5, 5.41) is 2.66. The van der Waals surface area contributed by atoms with Crippen molar-refractivity contribution in [1.82, 2.24) is 24.8 Å². The number of amides is 2. The molecule has 0 aliphatic carbocycles. The van der Waals surface area contributed by atoms with Crippen LogP contribution in [0.25, 0.3) is 11.0 Å². The molecule has 0 spiro atoms. The SMILES string of the molecule is C=CCNC(=O)c1cn(Cc2ccccc2)cc(C(=O)N2CCC(c3nc4ccccc4[nH]3)CC2)c1=O. The fraction of sp³-hybridized carbons (Fsp3) is 0.241. The summed E-state index contributed by atoms with van der Waals surface area (Å²) in [6, 6.07) is 17.6. The highest BCUT2D eigenvalue weighted by Crippen LogP contribution is 2.28. The zero-order valence-corrected chi connectivity index (χ0v) is 20.5. The standard InChI is InChI=1S/C29H29N5O3/c1-2-14-30-28(36)22-18-33(17-20-8-4-3-5-9-20)19-23(26(22)35)29(37)34-15-12-21(13-16-34)27-31-24-10-6-7-11-25(24)32-27/h2-11,18-19,21H,1,12-17H2,(H,30,36)(H,31,32). The molecular formula is C29H29N5O3. The number of likely N-dealkylation sites (tertiary alicyclic amines) is 1. The lowest BCUT2D eigenvalue weighted by atomic mass is 9.95. The monoisotopic (exact) mass is 495 g/mol. The Kier molecular flexibility index (Phi) is 6.98. The fourth-order valence-electron chi connectivity index (χ4n) is 4.78. The summed E-state index contributed by atoms with van der Waals surface area (Å²) >= 11 is 0. The summed E-state index contributed by atoms with van der Waals surface area (Å²) in [7, 11) is 0. The van der Waals surface area contributed by atoms with E-state index >= 15 is 0 Å². The van der Waals surface area contributed by atoms with E-state index < -0.39 is 11.3 Å². The Morgan fingerprint density at radius 1 is 1.03 bits per heavy atom. The van der Waals surface area contributed by atoms with Gasteiger partial charge >= 0.3 is 0 Å². The Bertz CT molecular complexity index is 1460. The molecule has 1 fully saturated rings. The molecule has 0 unspecified atom stereocenters. The number of rotatable bonds is 7. The third-order valence-electron chi connectivity index (χ3n) is 6.75. The van der Waals surface area contributed by atoms with Gasteiger partial charge in [-0.25, -0.2) is 4.98 Å². The van der Waals surface area contributed by atoms with E-state index in [9.17, 15) is 14.4 Å². The van der Waals surface area contributed by atoms with E-state index in [1.165, 1.54) is 6.20 Å². The van der Waals surface area contributed by atoms with E-state index in [0.717, 1.165) is 35.3 Å². The van der Waals surface area contributed by atoms with Crippen molar-refractivity contribution >= 4 is 22.8 Å². The molecule has 188 valence electrons. The van der Waals surface area contributed by atoms with Gasteiger partial charge in [-0.05, 0) is 30.5 Å². The number of nitrogens with one attached hydrogen (secondary N) is 2. The molecule has 8 nitrogen and oxygen atoms in total. The number of para-hydroxylation sites is 2. The van der Waals surface area contributed by atoms with Crippen LogP contribution in [0.3, 0.4) is 0 Å². The second-order valence-corrected chi connectivity index (χ2v) is 9.28. The maximum atomic E-state index is 13.5. The molecule has 3 heterocycles. The third-order valence-corrected chi connectivity index (χ3v) is 6.75. The van der Waals surface area contributed by atoms with Crippen molar-refractivity contribution in [3.8, 4) is 0 Å². The number of aromatic amines is 1. The van der Waals surface area contributed by atoms with Gasteiger partial charge in [0.05, 0.1) is 11.0 Å². The first-order chi connectivity index (χ1) is 18.0. The molecule has 2 amide bonds. The van der Waals surface area contributed by atoms with Crippen molar-refractivity contribution in [2.45, 2.75) is 25.3 Å². The smallest absolute Gasteiger partial charge is 0.259 e. The van der Waals surface area contributed by atoms with Gasteiger partial charge in [0.2, 0.25) is 5.43 Å². The molecule has 2 aromatic heterocycles. The topological polar surface area (TPSA) is 100 Å². The van der Waals surface area contributed by atoms with Gasteiger partial charge < -0.3 is 19.8 Å². The van der Waals surface area contributed by atoms with Crippen molar-refractivity contribution in [2.24, 2.45) is 0 Å². The summed E-state index contributed by atoms with van der Waals surface area (Å²) in [5.41, 5.74) is 2.32. The molecule has 0 radical (unpaired) electrons. The molecule has 1 aliphatic heterocycles. The number of fused-ring (bicyclic) bond motifs is 1. The Labute approximate surface area is 214 Å². The van der Waals surface area contributed by atoms with Crippen molar-refractivity contribution in [3.63, 3.8) is 0 Å². The first kappa shape index (κ1) is 24.2. The highest BCUT2D eigenvalue weighted by Gasteiger charge is 2.29. The quantitative estimate of drug-likeness (QED) is 0.382. The van der Waals surface area contributed by atoms with Crippen LogP contribution < -0.4 is 10.7 Å². The summed E-state index contributed by atoms with van der Waals surface area (Å²) in [5.74, 6) is 0.264. The lowest BCUT2D eigenvalue weighted by Crippen LogP contribution is -2.41. The lowest BCUT2D eigenvalue weighted by Gasteiger charge is -2.31. The van der Waals surface area contributed by atoms with Gasteiger partial charge in [0.1, 0.15) is 17.0 Å². The Hall–Kier alpha value is -4.46. The van der Waals surface area contributed by atoms with Gasteiger partial charge in [-0.1, -0.05) is 48.5 Å². The number of nitrogens with zero attached hydrogens (tertiary/aromatic N) is 3. The van der Waals surface area contributed by atoms with Crippen molar-refractivity contribution in [2.75, 3.05) is 19.6 Å². The number of pyridine rings is 1. The lowest BCUT2D eigenvalue weighted by molar-refractivity contribution is 0.0709. The van der Waals surface area contributed by atoms with Gasteiger partial charge in [0.15, 0.2) is 0 Å². The molecule has 1 saturated heterocycles. The summed E-state index contributed by atoms with van der Waals surface area (Å²) in [4.78, 5) is 49.4. The number of hydrogen-bond donors (Lipinski definition) is 2. The summed E-state index contributed by atoms with van der Waals surface area (Å²) in [6.07, 6.45) is 6.10. The number of benzene rings is 2. The molecule has 8 heteroatoms. The fourth-order valence-corrected chi connectivity index (χ4v) is 4.78. The van der Waals surface area contributed by atoms with Crippen LogP contribution in [0.1, 0.15) is 50.9 Å². The number of carbonyl (C=O) groups is 2. The molecule has 4 aromatic rings. The number of aromatic nitrogens is 3. The maximum absolute atomic E-state index is 13.5. The van der Waals surface area contributed by atoms with Crippen LogP contribution in [-0.2, 0) is 6.54 Å². The van der Waals surface area contributed by atoms with Gasteiger partial charge in [0.25, 0.3) is 11.8 Å². The normalized spacial score (nSPS) is 14.0. The van der Waals surface area contributed by atoms with Crippen LogP contribution in [-0.4, -0.2) is 50.9 Å². The zero-order valence-electron chi connectivity index (χ0n) is 20.5. The van der Waals surface area contributed by atoms with Gasteiger partial charge in [-0.3, -0.25) is 14.4 Å². The largest absolute Gasteiger partial charge is 0.348 e. The van der Waals surface area contributed by atoms with Gasteiger partial charge in [0, 0.05) is 44.5 Å². The Morgan fingerprint density at radius 3 is 2.46 bits per heavy atom. The predicted molar refractivity (Wildman–Crippen MR) is 143 cm³/mol. The molecule has 2 aromatic carbocycles. The average Bonchev–Trinajstić information content (AvgIpc) is 3.37. The molecule has 0 atom stereocenters. The second kappa shape index (κ2) is 10.7. The third kappa shape index (κ3) is 5.23. The number of H-pyrrole nitrogens is 1. The van der Waals surface area contributed by atoms with E-state index in [0.29, 0.717) is 19.6 Å². The summed E-state index contributed by atoms with van der Waals surface area (Å²) in [6.45, 7) is 5.27. The number of imidazole rings is 1. The first-order valence-corrected chi connectivity index (χ1v) is 12.4. The predicted octanol–water partition coefficient (Wildman–Crippen LogP) is 3.71. The van der Waals surface area contributed by atoms with Crippen LogP contribution in [0, 0.1) is 0 Å². The summed E-state index contributed by atoms with van der Waals surface area (Å²) < 4.78 is 1.73. The molecule has 37 heavy (non-hydrogen) atoms. The molecule has 5 rings (SSSR count). The van der Waals surface area contributed by atoms with Gasteiger partial charge in [-0.2, -0.15) is 0 Å². The first-order valence-electron chi connectivity index (χ1n) is 12.4. The van der Waals surface area contributed by atoms with Crippen LogP contribution in [0.5, 0.6) is 0 Å². The molecule has 1 aliphatic rings. The number of hydrogen-bond acceptors (Lipinski definition) is 4. The minimum Gasteiger partial charge on any atom is -0.348 e. The van der Waals surface area contributed by atoms with Crippen molar-refractivity contribution in [3.05, 3.63) is 112 Å². The van der Waals surface area contributed by atoms with Crippen LogP contribution in [0.15, 0.2) is 84.4 Å². The Morgan fingerprint density at radius 2 is 1.73 bits per heavy atom. The van der Waals surface area contributed by atoms with Crippen molar-refractivity contribution < 1.29 is 9.59 Å². The van der Waals surface area contributed by atoms with Gasteiger partial charge in [-0.15, -0.1) is 6.58 Å². The van der Waals surface area contributed by atoms with E-state index in [-0.39, 0.29) is 29.5 Å². The number of piperidine rings is 1. The van der Waals surface area contributed by atoms with E-state index in [1.54, 1.807) is 21.7 Å². The molecule has 0 bridgehead atoms. The Balaban J connectivity index is 1.38. The highest BCUT2D eigenvalue weighted by atomic mass is 16.2. The van der Waals surface area contributed by atoms with Crippen molar-refractivity contribution in [1.29, 1.82) is 0 Å². The van der Waals surface area contributed by atoms with Crippen LogP contribution in [0.4, 0.5) is 0 Å².